The van der Waals surface area contributed by atoms with Crippen molar-refractivity contribution in [2.45, 2.75) is 32.2 Å². The first-order chi connectivity index (χ1) is 17.6. The standard InChI is InChI=1S/C25H31FN8O2S/c1-4-32-24(27)20-14-31(37(3,35)36)13-19(17-8-6-5-7-9-17)23(20)33(25(32)28)18-10-11-22(21(26)12-18)34-16(2)29-15-30-34/h5-12,15,19,24-25H,4,13-14,27-28H2,1-3H3. The first-order valence-corrected chi connectivity index (χ1v) is 13.9. The Morgan fingerprint density at radius 2 is 1.86 bits per heavy atom. The zero-order chi connectivity index (χ0) is 26.5. The molecule has 0 fully saturated rings. The molecule has 0 amide bonds. The topological polar surface area (TPSA) is 127 Å². The lowest BCUT2D eigenvalue weighted by molar-refractivity contribution is 0.139. The number of likely N-dealkylation sites (N-methyl/N-ethyl adjacent to an activating group) is 1. The molecule has 2 aliphatic heterocycles. The van der Waals surface area contributed by atoms with Crippen LogP contribution in [0.15, 0.2) is 66.1 Å². The summed E-state index contributed by atoms with van der Waals surface area (Å²) >= 11 is 0. The highest BCUT2D eigenvalue weighted by atomic mass is 32.2. The van der Waals surface area contributed by atoms with Crippen molar-refractivity contribution >= 4 is 15.7 Å². The molecule has 196 valence electrons. The molecule has 0 bridgehead atoms. The van der Waals surface area contributed by atoms with E-state index >= 15 is 4.39 Å². The molecule has 2 aliphatic rings. The lowest BCUT2D eigenvalue weighted by Gasteiger charge is -2.52. The lowest BCUT2D eigenvalue weighted by atomic mass is 9.86. The molecule has 37 heavy (non-hydrogen) atoms. The highest BCUT2D eigenvalue weighted by Crippen LogP contribution is 2.42. The number of nitrogens with zero attached hydrogens (tertiary/aromatic N) is 6. The third kappa shape index (κ3) is 4.44. The molecule has 3 aromatic rings. The minimum absolute atomic E-state index is 0.136. The molecule has 0 saturated carbocycles. The summed E-state index contributed by atoms with van der Waals surface area (Å²) in [6.45, 7) is 4.56. The van der Waals surface area contributed by atoms with E-state index in [1.807, 2.05) is 47.1 Å². The van der Waals surface area contributed by atoms with Gasteiger partial charge in [-0.2, -0.15) is 9.40 Å². The van der Waals surface area contributed by atoms with Gasteiger partial charge < -0.3 is 10.6 Å². The zero-order valence-corrected chi connectivity index (χ0v) is 21.8. The van der Waals surface area contributed by atoms with Crippen molar-refractivity contribution in [1.29, 1.82) is 0 Å². The van der Waals surface area contributed by atoms with E-state index in [-0.39, 0.29) is 24.7 Å². The highest BCUT2D eigenvalue weighted by molar-refractivity contribution is 7.88. The Hall–Kier alpha value is -3.16. The maximum Gasteiger partial charge on any atom is 0.211 e. The lowest BCUT2D eigenvalue weighted by Crippen LogP contribution is -2.67. The molecule has 0 saturated heterocycles. The number of hydrogen-bond donors (Lipinski definition) is 2. The fraction of sp³-hybridized carbons (Fsp3) is 0.360. The van der Waals surface area contributed by atoms with Crippen LogP contribution in [0, 0.1) is 12.7 Å². The summed E-state index contributed by atoms with van der Waals surface area (Å²) in [7, 11) is -3.50. The van der Waals surface area contributed by atoms with Crippen LogP contribution in [0.25, 0.3) is 5.69 Å². The average molecular weight is 527 g/mol. The minimum Gasteiger partial charge on any atom is -0.315 e. The molecule has 0 aliphatic carbocycles. The monoisotopic (exact) mass is 526 g/mol. The Balaban J connectivity index is 1.70. The second kappa shape index (κ2) is 9.62. The van der Waals surface area contributed by atoms with Gasteiger partial charge in [0.1, 0.15) is 24.1 Å². The minimum atomic E-state index is -3.50. The van der Waals surface area contributed by atoms with Crippen molar-refractivity contribution in [1.82, 2.24) is 24.0 Å². The van der Waals surface area contributed by atoms with Crippen LogP contribution in [-0.2, 0) is 10.0 Å². The number of sulfonamides is 1. The summed E-state index contributed by atoms with van der Waals surface area (Å²) in [5.74, 6) is -0.272. The summed E-state index contributed by atoms with van der Waals surface area (Å²) in [4.78, 5) is 7.85. The van der Waals surface area contributed by atoms with Crippen LogP contribution in [0.5, 0.6) is 0 Å². The fourth-order valence-corrected chi connectivity index (χ4v) is 6.10. The maximum atomic E-state index is 15.5. The molecule has 3 heterocycles. The van der Waals surface area contributed by atoms with E-state index in [1.54, 1.807) is 19.1 Å². The number of halogens is 1. The molecule has 0 radical (unpaired) electrons. The molecule has 2 aromatic carbocycles. The van der Waals surface area contributed by atoms with Crippen LogP contribution in [0.1, 0.15) is 24.2 Å². The van der Waals surface area contributed by atoms with E-state index < -0.39 is 28.3 Å². The highest BCUT2D eigenvalue weighted by Gasteiger charge is 2.45. The fourth-order valence-electron chi connectivity index (χ4n) is 5.30. The van der Waals surface area contributed by atoms with E-state index in [0.29, 0.717) is 18.1 Å². The summed E-state index contributed by atoms with van der Waals surface area (Å²) in [5.41, 5.74) is 16.8. The van der Waals surface area contributed by atoms with E-state index in [2.05, 4.69) is 10.1 Å². The molecule has 3 atom stereocenters. The molecule has 4 N–H and O–H groups in total. The Morgan fingerprint density at radius 1 is 1.14 bits per heavy atom. The van der Waals surface area contributed by atoms with E-state index in [4.69, 9.17) is 11.5 Å². The Kier molecular flexibility index (Phi) is 6.62. The van der Waals surface area contributed by atoms with Crippen molar-refractivity contribution in [3.05, 3.63) is 83.3 Å². The summed E-state index contributed by atoms with van der Waals surface area (Å²) in [5, 5.41) is 4.12. The van der Waals surface area contributed by atoms with Gasteiger partial charge in [-0.05, 0) is 36.3 Å². The van der Waals surface area contributed by atoms with Gasteiger partial charge in [-0.25, -0.2) is 22.5 Å². The van der Waals surface area contributed by atoms with Crippen molar-refractivity contribution in [3.63, 3.8) is 0 Å². The predicted molar refractivity (Wildman–Crippen MR) is 139 cm³/mol. The van der Waals surface area contributed by atoms with Crippen LogP contribution >= 0.6 is 0 Å². The Bertz CT molecular complexity index is 1440. The number of rotatable bonds is 5. The zero-order valence-electron chi connectivity index (χ0n) is 21.0. The quantitative estimate of drug-likeness (QED) is 0.514. The van der Waals surface area contributed by atoms with E-state index in [0.717, 1.165) is 16.8 Å². The smallest absolute Gasteiger partial charge is 0.211 e. The molecule has 1 aromatic heterocycles. The van der Waals surface area contributed by atoms with Crippen LogP contribution < -0.4 is 16.4 Å². The van der Waals surface area contributed by atoms with Gasteiger partial charge in [-0.3, -0.25) is 10.6 Å². The number of anilines is 1. The summed E-state index contributed by atoms with van der Waals surface area (Å²) in [6.07, 6.45) is 1.30. The third-order valence-electron chi connectivity index (χ3n) is 7.16. The largest absolute Gasteiger partial charge is 0.315 e. The molecule has 12 heteroatoms. The van der Waals surface area contributed by atoms with Gasteiger partial charge in [0.15, 0.2) is 5.82 Å². The second-order valence-electron chi connectivity index (χ2n) is 9.34. The molecule has 0 spiro atoms. The number of nitrogens with two attached hydrogens (primary N) is 2. The van der Waals surface area contributed by atoms with Crippen molar-refractivity contribution < 1.29 is 12.8 Å². The van der Waals surface area contributed by atoms with E-state index in [9.17, 15) is 8.42 Å². The van der Waals surface area contributed by atoms with Gasteiger partial charge in [0.25, 0.3) is 0 Å². The van der Waals surface area contributed by atoms with Crippen molar-refractivity contribution in [3.8, 4) is 5.69 Å². The number of aryl methyl sites for hydroxylation is 1. The number of aromatic nitrogens is 3. The summed E-state index contributed by atoms with van der Waals surface area (Å²) < 4.78 is 43.7. The van der Waals surface area contributed by atoms with Gasteiger partial charge in [-0.1, -0.05) is 37.3 Å². The molecular weight excluding hydrogens is 495 g/mol. The van der Waals surface area contributed by atoms with Crippen LogP contribution in [0.3, 0.4) is 0 Å². The van der Waals surface area contributed by atoms with Crippen molar-refractivity contribution in [2.75, 3.05) is 30.8 Å². The van der Waals surface area contributed by atoms with Gasteiger partial charge in [-0.15, -0.1) is 0 Å². The Labute approximate surface area is 216 Å². The Morgan fingerprint density at radius 3 is 2.46 bits per heavy atom. The third-order valence-corrected chi connectivity index (χ3v) is 8.38. The maximum absolute atomic E-state index is 15.5. The SMILES string of the molecule is CCN1C(N)C2=C(C(c3ccccc3)CN(S(C)(=O)=O)C2)N(c2ccc(-n3ncnc3C)c(F)c2)C1N. The molecule has 3 unspecified atom stereocenters. The van der Waals surface area contributed by atoms with Crippen LogP contribution in [0.4, 0.5) is 10.1 Å². The van der Waals surface area contributed by atoms with Crippen LogP contribution in [-0.4, -0.2) is 70.7 Å². The number of benzene rings is 2. The second-order valence-corrected chi connectivity index (χ2v) is 11.3. The van der Waals surface area contributed by atoms with Gasteiger partial charge >= 0.3 is 0 Å². The normalized spacial score (nSPS) is 23.4. The molecule has 10 nitrogen and oxygen atoms in total. The van der Waals surface area contributed by atoms with Gasteiger partial charge in [0, 0.05) is 36.9 Å². The predicted octanol–water partition coefficient (Wildman–Crippen LogP) is 1.70. The first kappa shape index (κ1) is 25.5. The van der Waals surface area contributed by atoms with Gasteiger partial charge in [0.2, 0.25) is 10.0 Å². The number of hydrogen-bond acceptors (Lipinski definition) is 8. The van der Waals surface area contributed by atoms with E-state index in [1.165, 1.54) is 27.6 Å². The van der Waals surface area contributed by atoms with Crippen LogP contribution in [0.2, 0.25) is 0 Å². The summed E-state index contributed by atoms with van der Waals surface area (Å²) in [6, 6.07) is 14.5. The first-order valence-electron chi connectivity index (χ1n) is 12.1. The van der Waals surface area contributed by atoms with Gasteiger partial charge in [0.05, 0.1) is 12.4 Å². The average Bonchev–Trinajstić information content (AvgIpc) is 3.29. The molecular formula is C25H31FN8O2S. The van der Waals surface area contributed by atoms with Crippen molar-refractivity contribution in [2.24, 2.45) is 11.5 Å². The molecule has 5 rings (SSSR count).